The van der Waals surface area contributed by atoms with Gasteiger partial charge in [0.05, 0.1) is 0 Å². The zero-order chi connectivity index (χ0) is 27.5. The molecule has 8 aromatic rings. The molecule has 0 radical (unpaired) electrons. The summed E-state index contributed by atoms with van der Waals surface area (Å²) in [4.78, 5) is 0. The van der Waals surface area contributed by atoms with E-state index in [2.05, 4.69) is 128 Å². The third-order valence-electron chi connectivity index (χ3n) is 8.31. The highest BCUT2D eigenvalue weighted by Crippen LogP contribution is 2.45. The van der Waals surface area contributed by atoms with Crippen molar-refractivity contribution in [2.45, 2.75) is 0 Å². The summed E-state index contributed by atoms with van der Waals surface area (Å²) < 4.78 is 2.69. The van der Waals surface area contributed by atoms with E-state index < -0.39 is 0 Å². The van der Waals surface area contributed by atoms with Gasteiger partial charge in [-0.3, -0.25) is 0 Å². The fraction of sp³-hybridized carbons (Fsp3) is 0. The fourth-order valence-electron chi connectivity index (χ4n) is 6.35. The topological polar surface area (TPSA) is 0 Å². The molecule has 0 aliphatic heterocycles. The molecule has 0 aliphatic rings. The van der Waals surface area contributed by atoms with Crippen molar-refractivity contribution in [1.29, 1.82) is 0 Å². The first-order chi connectivity index (χ1) is 20.2. The first-order valence-corrected chi connectivity index (χ1v) is 14.7. The van der Waals surface area contributed by atoms with Crippen LogP contribution in [0.1, 0.15) is 5.56 Å². The Morgan fingerprint density at radius 3 is 1.98 bits per heavy atom. The van der Waals surface area contributed by atoms with E-state index in [4.69, 9.17) is 0 Å². The molecule has 0 fully saturated rings. The third kappa shape index (κ3) is 3.74. The molecule has 7 aromatic carbocycles. The molecule has 8 rings (SSSR count). The molecule has 1 aromatic heterocycles. The van der Waals surface area contributed by atoms with Gasteiger partial charge in [0.1, 0.15) is 0 Å². The van der Waals surface area contributed by atoms with Gasteiger partial charge in [0.2, 0.25) is 0 Å². The van der Waals surface area contributed by atoms with Crippen LogP contribution in [0.25, 0.3) is 81.8 Å². The number of hydrogen-bond acceptors (Lipinski definition) is 1. The Balaban J connectivity index is 1.37. The van der Waals surface area contributed by atoms with Crippen molar-refractivity contribution in [3.63, 3.8) is 0 Å². The monoisotopic (exact) mass is 538 g/mol. The van der Waals surface area contributed by atoms with Gasteiger partial charge in [-0.05, 0) is 77.8 Å². The molecule has 0 aliphatic carbocycles. The highest BCUT2D eigenvalue weighted by molar-refractivity contribution is 7.27. The van der Waals surface area contributed by atoms with E-state index in [1.54, 1.807) is 0 Å². The maximum Gasteiger partial charge on any atom is 0.0440 e. The minimum absolute atomic E-state index is 0.987. The number of benzene rings is 7. The smallest absolute Gasteiger partial charge is 0.0440 e. The minimum Gasteiger partial charge on any atom is -0.135 e. The Bertz CT molecular complexity index is 2460. The van der Waals surface area contributed by atoms with Gasteiger partial charge >= 0.3 is 0 Å². The van der Waals surface area contributed by atoms with Crippen molar-refractivity contribution < 1.29 is 0 Å². The van der Waals surface area contributed by atoms with Crippen LogP contribution in [0.5, 0.6) is 0 Å². The molecule has 0 N–H and O–H groups in total. The Kier molecular flexibility index (Phi) is 5.41. The SMILES string of the molecule is C=C(/C=c1/ccccc1=C)c1ccc(-c2ccc3sc4c5ccccc5c5ccccc5c4c3c2)c2ccccc12. The predicted octanol–water partition coefficient (Wildman–Crippen LogP) is 10.1. The molecule has 192 valence electrons. The van der Waals surface area contributed by atoms with Crippen molar-refractivity contribution in [1.82, 2.24) is 0 Å². The van der Waals surface area contributed by atoms with Gasteiger partial charge in [-0.1, -0.05) is 128 Å². The van der Waals surface area contributed by atoms with Gasteiger partial charge in [-0.25, -0.2) is 0 Å². The molecule has 0 nitrogen and oxygen atoms in total. The molecule has 41 heavy (non-hydrogen) atoms. The predicted molar refractivity (Wildman–Crippen MR) is 182 cm³/mol. The van der Waals surface area contributed by atoms with Crippen molar-refractivity contribution in [2.24, 2.45) is 0 Å². The first kappa shape index (κ1) is 23.9. The summed E-state index contributed by atoms with van der Waals surface area (Å²) in [7, 11) is 0. The lowest BCUT2D eigenvalue weighted by Crippen LogP contribution is -2.21. The van der Waals surface area contributed by atoms with Crippen molar-refractivity contribution in [2.75, 3.05) is 0 Å². The van der Waals surface area contributed by atoms with Crippen molar-refractivity contribution in [3.05, 3.63) is 150 Å². The van der Waals surface area contributed by atoms with E-state index in [1.807, 2.05) is 29.5 Å². The minimum atomic E-state index is 0.987. The molecular formula is C40H26S. The van der Waals surface area contributed by atoms with Crippen molar-refractivity contribution in [3.8, 4) is 11.1 Å². The Morgan fingerprint density at radius 1 is 0.561 bits per heavy atom. The lowest BCUT2D eigenvalue weighted by molar-refractivity contribution is 1.53. The molecule has 1 heteroatoms. The highest BCUT2D eigenvalue weighted by Gasteiger charge is 2.16. The Labute approximate surface area is 242 Å². The van der Waals surface area contributed by atoms with Gasteiger partial charge < -0.3 is 0 Å². The molecule has 0 bridgehead atoms. The average Bonchev–Trinajstić information content (AvgIpc) is 3.41. The number of fused-ring (bicyclic) bond motifs is 9. The van der Waals surface area contributed by atoms with Gasteiger partial charge in [-0.15, -0.1) is 11.3 Å². The van der Waals surface area contributed by atoms with Gasteiger partial charge in [0.15, 0.2) is 0 Å². The molecule has 0 saturated carbocycles. The Morgan fingerprint density at radius 2 is 1.20 bits per heavy atom. The van der Waals surface area contributed by atoms with Crippen LogP contribution >= 0.6 is 11.3 Å². The summed E-state index contributed by atoms with van der Waals surface area (Å²) in [6.07, 6.45) is 2.14. The van der Waals surface area contributed by atoms with Gasteiger partial charge in [-0.2, -0.15) is 0 Å². The molecule has 0 amide bonds. The summed E-state index contributed by atoms with van der Waals surface area (Å²) in [5.74, 6) is 0. The second-order valence-corrected chi connectivity index (χ2v) is 11.7. The molecular weight excluding hydrogens is 513 g/mol. The van der Waals surface area contributed by atoms with Crippen LogP contribution in [-0.4, -0.2) is 0 Å². The van der Waals surface area contributed by atoms with Crippen LogP contribution in [0.4, 0.5) is 0 Å². The summed E-state index contributed by atoms with van der Waals surface area (Å²) in [5.41, 5.74) is 4.60. The number of rotatable bonds is 3. The normalized spacial score (nSPS) is 12.2. The zero-order valence-corrected chi connectivity index (χ0v) is 23.3. The van der Waals surface area contributed by atoms with Crippen molar-refractivity contribution >= 4 is 82.1 Å². The Hall–Kier alpha value is -4.98. The van der Waals surface area contributed by atoms with Crippen LogP contribution in [0, 0.1) is 0 Å². The number of hydrogen-bond donors (Lipinski definition) is 0. The zero-order valence-electron chi connectivity index (χ0n) is 22.5. The summed E-state index contributed by atoms with van der Waals surface area (Å²) in [5, 5.41) is 12.5. The van der Waals surface area contributed by atoms with Crippen LogP contribution in [0.15, 0.2) is 134 Å². The highest BCUT2D eigenvalue weighted by atomic mass is 32.1. The third-order valence-corrected chi connectivity index (χ3v) is 9.52. The lowest BCUT2D eigenvalue weighted by atomic mass is 9.91. The largest absolute Gasteiger partial charge is 0.135 e. The van der Waals surface area contributed by atoms with E-state index in [0.717, 1.165) is 21.6 Å². The quantitative estimate of drug-likeness (QED) is 0.196. The maximum absolute atomic E-state index is 4.45. The van der Waals surface area contributed by atoms with E-state index >= 15 is 0 Å². The lowest BCUT2D eigenvalue weighted by Gasteiger charge is -2.13. The van der Waals surface area contributed by atoms with Gasteiger partial charge in [0.25, 0.3) is 0 Å². The van der Waals surface area contributed by atoms with Crippen LogP contribution in [0.2, 0.25) is 0 Å². The molecule has 1 heterocycles. The average molecular weight is 539 g/mol. The van der Waals surface area contributed by atoms with Gasteiger partial charge in [0, 0.05) is 25.6 Å². The molecule has 0 unspecified atom stereocenters. The van der Waals surface area contributed by atoms with Crippen LogP contribution in [-0.2, 0) is 0 Å². The second kappa shape index (κ2) is 9.30. The number of thiophene rings is 1. The number of allylic oxidation sites excluding steroid dienone is 1. The first-order valence-electron chi connectivity index (χ1n) is 13.9. The maximum atomic E-state index is 4.45. The van der Waals surface area contributed by atoms with E-state index in [1.165, 1.54) is 63.6 Å². The second-order valence-electron chi connectivity index (χ2n) is 10.7. The standard InChI is InChI=1S/C40H26S/c1-25-11-3-4-12-27(25)23-26(2)29-20-21-30(32-14-6-5-13-31(29)32)28-19-22-38-37(24-28)39-35-17-9-7-15-33(35)34-16-8-10-18-36(34)40(39)41-38/h3-24H,1-2H2/b27-23-. The van der Waals surface area contributed by atoms with Crippen LogP contribution < -0.4 is 10.4 Å². The summed E-state index contributed by atoms with van der Waals surface area (Å²) in [6.45, 7) is 8.64. The fourth-order valence-corrected chi connectivity index (χ4v) is 7.58. The van der Waals surface area contributed by atoms with E-state index in [0.29, 0.717) is 0 Å². The summed E-state index contributed by atoms with van der Waals surface area (Å²) >= 11 is 1.90. The van der Waals surface area contributed by atoms with E-state index in [9.17, 15) is 0 Å². The van der Waals surface area contributed by atoms with E-state index in [-0.39, 0.29) is 0 Å². The molecule has 0 saturated heterocycles. The summed E-state index contributed by atoms with van der Waals surface area (Å²) in [6, 6.07) is 46.0. The molecule has 0 atom stereocenters. The van der Waals surface area contributed by atoms with Crippen LogP contribution in [0.3, 0.4) is 0 Å². The molecule has 0 spiro atoms.